The largest absolute Gasteiger partial charge is 0.497 e. The first kappa shape index (κ1) is 26.5. The third-order valence-corrected chi connectivity index (χ3v) is 4.57. The Morgan fingerprint density at radius 3 is 2.58 bits per heavy atom. The van der Waals surface area contributed by atoms with Gasteiger partial charge in [-0.05, 0) is 31.2 Å². The standard InChI is InChI=1S/C21H27N5O3.2ClH/c1-4-7-22-8-9-23-21(27)17-10-16-13-25-26(20(16)24-12-17)14-15-5-6-18(28-2)11-19(15)29-3;;/h5-6,10-13,22H,4,7-9,14H2,1-3H3,(H,23,27);2*1H. The first-order valence-electron chi connectivity index (χ1n) is 9.67. The van der Waals surface area contributed by atoms with Crippen molar-refractivity contribution in [1.82, 2.24) is 25.4 Å². The number of fused-ring (bicyclic) bond motifs is 1. The first-order valence-corrected chi connectivity index (χ1v) is 9.67. The van der Waals surface area contributed by atoms with Gasteiger partial charge in [-0.15, -0.1) is 24.8 Å². The molecule has 2 aromatic heterocycles. The minimum Gasteiger partial charge on any atom is -0.497 e. The Morgan fingerprint density at radius 2 is 1.87 bits per heavy atom. The number of hydrogen-bond donors (Lipinski definition) is 2. The van der Waals surface area contributed by atoms with Gasteiger partial charge in [-0.1, -0.05) is 6.92 Å². The van der Waals surface area contributed by atoms with Crippen molar-refractivity contribution in [2.75, 3.05) is 33.9 Å². The molecule has 0 saturated carbocycles. The minimum absolute atomic E-state index is 0. The van der Waals surface area contributed by atoms with Crippen LogP contribution < -0.4 is 20.1 Å². The zero-order chi connectivity index (χ0) is 20.6. The summed E-state index contributed by atoms with van der Waals surface area (Å²) in [6.45, 7) is 4.88. The van der Waals surface area contributed by atoms with Crippen molar-refractivity contribution in [3.8, 4) is 11.5 Å². The number of nitrogens with one attached hydrogen (secondary N) is 2. The van der Waals surface area contributed by atoms with Crippen LogP contribution in [0.15, 0.2) is 36.7 Å². The number of methoxy groups -OCH3 is 2. The van der Waals surface area contributed by atoms with E-state index >= 15 is 0 Å². The second kappa shape index (κ2) is 13.0. The van der Waals surface area contributed by atoms with Gasteiger partial charge in [0.05, 0.1) is 32.5 Å². The van der Waals surface area contributed by atoms with Crippen molar-refractivity contribution in [2.45, 2.75) is 19.9 Å². The van der Waals surface area contributed by atoms with Crippen LogP contribution in [0.5, 0.6) is 11.5 Å². The molecule has 10 heteroatoms. The quantitative estimate of drug-likeness (QED) is 0.443. The van der Waals surface area contributed by atoms with Gasteiger partial charge >= 0.3 is 0 Å². The van der Waals surface area contributed by atoms with Crippen molar-refractivity contribution in [3.63, 3.8) is 0 Å². The topological polar surface area (TPSA) is 90.3 Å². The molecular weight excluding hydrogens is 441 g/mol. The average Bonchev–Trinajstić information content (AvgIpc) is 3.15. The van der Waals surface area contributed by atoms with Gasteiger partial charge in [0.2, 0.25) is 0 Å². The Kier molecular flexibility index (Phi) is 11.1. The minimum atomic E-state index is -0.137. The number of rotatable bonds is 10. The highest BCUT2D eigenvalue weighted by atomic mass is 35.5. The molecule has 31 heavy (non-hydrogen) atoms. The predicted molar refractivity (Wildman–Crippen MR) is 126 cm³/mol. The van der Waals surface area contributed by atoms with E-state index in [0.717, 1.165) is 42.0 Å². The summed E-state index contributed by atoms with van der Waals surface area (Å²) in [6, 6.07) is 7.48. The van der Waals surface area contributed by atoms with Gasteiger partial charge in [-0.2, -0.15) is 5.10 Å². The molecule has 8 nitrogen and oxygen atoms in total. The summed E-state index contributed by atoms with van der Waals surface area (Å²) >= 11 is 0. The van der Waals surface area contributed by atoms with E-state index in [9.17, 15) is 4.79 Å². The fraction of sp³-hybridized carbons (Fsp3) is 0.381. The van der Waals surface area contributed by atoms with E-state index in [1.165, 1.54) is 0 Å². The van der Waals surface area contributed by atoms with Crippen LogP contribution in [0.25, 0.3) is 11.0 Å². The lowest BCUT2D eigenvalue weighted by Gasteiger charge is -2.11. The fourth-order valence-electron chi connectivity index (χ4n) is 3.02. The van der Waals surface area contributed by atoms with Gasteiger partial charge in [-0.25, -0.2) is 9.67 Å². The number of aromatic nitrogens is 3. The molecule has 3 aromatic rings. The number of hydrogen-bond acceptors (Lipinski definition) is 6. The van der Waals surface area contributed by atoms with E-state index in [2.05, 4.69) is 27.6 Å². The average molecular weight is 470 g/mol. The van der Waals surface area contributed by atoms with Gasteiger partial charge < -0.3 is 20.1 Å². The number of pyridine rings is 1. The first-order chi connectivity index (χ1) is 14.2. The SMILES string of the molecule is CCCNCCNC(=O)c1cnc2c(cnn2Cc2ccc(OC)cc2OC)c1.Cl.Cl. The second-order valence-electron chi connectivity index (χ2n) is 6.62. The molecule has 0 aliphatic rings. The fourth-order valence-corrected chi connectivity index (χ4v) is 3.02. The summed E-state index contributed by atoms with van der Waals surface area (Å²) in [5, 5.41) is 11.4. The van der Waals surface area contributed by atoms with E-state index in [4.69, 9.17) is 9.47 Å². The molecule has 0 unspecified atom stereocenters. The number of nitrogens with zero attached hydrogens (tertiary/aromatic N) is 3. The number of carbonyl (C=O) groups excluding carboxylic acids is 1. The molecule has 2 heterocycles. The van der Waals surface area contributed by atoms with E-state index in [0.29, 0.717) is 24.3 Å². The monoisotopic (exact) mass is 469 g/mol. The highest BCUT2D eigenvalue weighted by molar-refractivity contribution is 5.96. The lowest BCUT2D eigenvalue weighted by Crippen LogP contribution is -2.32. The van der Waals surface area contributed by atoms with Crippen LogP contribution in [0.1, 0.15) is 29.3 Å². The third kappa shape index (κ3) is 6.72. The molecule has 3 rings (SSSR count). The maximum atomic E-state index is 12.3. The van der Waals surface area contributed by atoms with Gasteiger partial charge in [0.1, 0.15) is 11.5 Å². The number of benzene rings is 1. The Hall–Kier alpha value is -2.55. The molecule has 0 saturated heterocycles. The van der Waals surface area contributed by atoms with Crippen LogP contribution in [0.3, 0.4) is 0 Å². The van der Waals surface area contributed by atoms with Crippen molar-refractivity contribution in [2.24, 2.45) is 0 Å². The third-order valence-electron chi connectivity index (χ3n) is 4.57. The second-order valence-corrected chi connectivity index (χ2v) is 6.62. The zero-order valence-electron chi connectivity index (χ0n) is 17.9. The lowest BCUT2D eigenvalue weighted by molar-refractivity contribution is 0.0953. The molecule has 0 aliphatic heterocycles. The van der Waals surface area contributed by atoms with Gasteiger partial charge in [0.25, 0.3) is 5.91 Å². The van der Waals surface area contributed by atoms with Crippen molar-refractivity contribution >= 4 is 41.8 Å². The van der Waals surface area contributed by atoms with E-state index in [1.807, 2.05) is 24.3 Å². The Morgan fingerprint density at radius 1 is 1.06 bits per heavy atom. The number of carbonyl (C=O) groups is 1. The van der Waals surface area contributed by atoms with Crippen LogP contribution >= 0.6 is 24.8 Å². The summed E-state index contributed by atoms with van der Waals surface area (Å²) < 4.78 is 12.5. The molecular formula is C21H29Cl2N5O3. The zero-order valence-corrected chi connectivity index (χ0v) is 19.5. The Labute approximate surface area is 194 Å². The molecule has 170 valence electrons. The number of halogens is 2. The smallest absolute Gasteiger partial charge is 0.252 e. The Bertz CT molecular complexity index is 981. The van der Waals surface area contributed by atoms with Crippen LogP contribution in [0, 0.1) is 0 Å². The highest BCUT2D eigenvalue weighted by Crippen LogP contribution is 2.26. The lowest BCUT2D eigenvalue weighted by atomic mass is 10.2. The summed E-state index contributed by atoms with van der Waals surface area (Å²) in [4.78, 5) is 16.8. The maximum absolute atomic E-state index is 12.3. The maximum Gasteiger partial charge on any atom is 0.252 e. The Balaban J connectivity index is 0.00000240. The highest BCUT2D eigenvalue weighted by Gasteiger charge is 2.12. The molecule has 0 aliphatic carbocycles. The number of ether oxygens (including phenoxy) is 2. The summed E-state index contributed by atoms with van der Waals surface area (Å²) in [7, 11) is 3.25. The van der Waals surface area contributed by atoms with Gasteiger partial charge in [0.15, 0.2) is 5.65 Å². The molecule has 0 spiro atoms. The van der Waals surface area contributed by atoms with E-state index < -0.39 is 0 Å². The summed E-state index contributed by atoms with van der Waals surface area (Å²) in [6.07, 6.45) is 4.37. The van der Waals surface area contributed by atoms with Crippen LogP contribution in [-0.4, -0.2) is 54.5 Å². The molecule has 0 radical (unpaired) electrons. The van der Waals surface area contributed by atoms with Crippen molar-refractivity contribution in [3.05, 3.63) is 47.8 Å². The molecule has 0 bridgehead atoms. The molecule has 1 aromatic carbocycles. The van der Waals surface area contributed by atoms with Gasteiger partial charge in [0, 0.05) is 36.3 Å². The molecule has 1 amide bonds. The summed E-state index contributed by atoms with van der Waals surface area (Å²) in [5.41, 5.74) is 2.19. The summed E-state index contributed by atoms with van der Waals surface area (Å²) in [5.74, 6) is 1.32. The van der Waals surface area contributed by atoms with Crippen LogP contribution in [0.2, 0.25) is 0 Å². The number of amides is 1. The van der Waals surface area contributed by atoms with Crippen LogP contribution in [-0.2, 0) is 6.54 Å². The molecule has 0 atom stereocenters. The van der Waals surface area contributed by atoms with Gasteiger partial charge in [-0.3, -0.25) is 4.79 Å². The predicted octanol–water partition coefficient (Wildman–Crippen LogP) is 3.07. The van der Waals surface area contributed by atoms with E-state index in [-0.39, 0.29) is 30.7 Å². The van der Waals surface area contributed by atoms with E-state index in [1.54, 1.807) is 31.3 Å². The normalized spacial score (nSPS) is 10.2. The van der Waals surface area contributed by atoms with Crippen molar-refractivity contribution < 1.29 is 14.3 Å². The van der Waals surface area contributed by atoms with Crippen LogP contribution in [0.4, 0.5) is 0 Å². The molecule has 2 N–H and O–H groups in total. The molecule has 0 fully saturated rings. The van der Waals surface area contributed by atoms with Crippen molar-refractivity contribution in [1.29, 1.82) is 0 Å².